The number of nitrogens with zero attached hydrogens (tertiary/aromatic N) is 8. The highest BCUT2D eigenvalue weighted by atomic mass is 16.7. The Hall–Kier alpha value is -4.78. The van der Waals surface area contributed by atoms with Gasteiger partial charge in [0.1, 0.15) is 17.0 Å². The predicted molar refractivity (Wildman–Crippen MR) is 173 cm³/mol. The zero-order valence-electron chi connectivity index (χ0n) is 27.1. The first-order valence-electron chi connectivity index (χ1n) is 14.7. The summed E-state index contributed by atoms with van der Waals surface area (Å²) >= 11 is 0. The smallest absolute Gasteiger partial charge is 0.410 e. The van der Waals surface area contributed by atoms with E-state index in [-0.39, 0.29) is 18.6 Å². The lowest BCUT2D eigenvalue weighted by Gasteiger charge is -2.36. The van der Waals surface area contributed by atoms with Crippen molar-refractivity contribution in [1.82, 2.24) is 29.5 Å². The summed E-state index contributed by atoms with van der Waals surface area (Å²) in [6, 6.07) is 7.68. The number of fused-ring (bicyclic) bond motifs is 2. The molecule has 0 unspecified atom stereocenters. The SMILES string of the molecule is COCOc1c(-c2nc(C(=O)N=CN(C)C)c3cc(N4CCN(C(=O)OC(C)(C)C)CC4)ccc3n2)cc2cn(C)nc2c1C. The van der Waals surface area contributed by atoms with Gasteiger partial charge in [0, 0.05) is 82.7 Å². The van der Waals surface area contributed by atoms with Crippen LogP contribution in [0, 0.1) is 6.92 Å². The second-order valence-electron chi connectivity index (χ2n) is 12.2. The van der Waals surface area contributed by atoms with E-state index in [1.54, 1.807) is 35.7 Å². The average molecular weight is 617 g/mol. The van der Waals surface area contributed by atoms with Crippen LogP contribution in [0.1, 0.15) is 36.8 Å². The van der Waals surface area contributed by atoms with Crippen molar-refractivity contribution < 1.29 is 23.8 Å². The van der Waals surface area contributed by atoms with Crippen LogP contribution in [0.5, 0.6) is 5.75 Å². The summed E-state index contributed by atoms with van der Waals surface area (Å²) in [6.45, 7) is 9.76. The fraction of sp³-hybridized carbons (Fsp3) is 0.438. The molecule has 5 rings (SSSR count). The van der Waals surface area contributed by atoms with E-state index in [1.165, 1.54) is 6.34 Å². The van der Waals surface area contributed by atoms with Crippen LogP contribution in [0.15, 0.2) is 35.5 Å². The van der Waals surface area contributed by atoms with E-state index >= 15 is 0 Å². The third-order valence-corrected chi connectivity index (χ3v) is 7.24. The summed E-state index contributed by atoms with van der Waals surface area (Å²) < 4.78 is 18.5. The third-order valence-electron chi connectivity index (χ3n) is 7.24. The molecule has 1 aliphatic rings. The van der Waals surface area contributed by atoms with Crippen molar-refractivity contribution >= 4 is 45.8 Å². The predicted octanol–water partition coefficient (Wildman–Crippen LogP) is 4.26. The highest BCUT2D eigenvalue weighted by molar-refractivity contribution is 6.08. The van der Waals surface area contributed by atoms with Crippen molar-refractivity contribution in [2.24, 2.45) is 12.0 Å². The van der Waals surface area contributed by atoms with Crippen molar-refractivity contribution in [1.29, 1.82) is 0 Å². The van der Waals surface area contributed by atoms with Gasteiger partial charge >= 0.3 is 6.09 Å². The number of carbonyl (C=O) groups is 2. The maximum absolute atomic E-state index is 13.6. The molecular weight excluding hydrogens is 576 g/mol. The lowest BCUT2D eigenvalue weighted by atomic mass is 10.0. The molecule has 1 saturated heterocycles. The first kappa shape index (κ1) is 31.6. The minimum absolute atomic E-state index is 0.0171. The van der Waals surface area contributed by atoms with Crippen LogP contribution in [0.4, 0.5) is 10.5 Å². The zero-order chi connectivity index (χ0) is 32.5. The first-order chi connectivity index (χ1) is 21.3. The molecule has 3 heterocycles. The standard InChI is InChI=1S/C32H40N8O5/c1-20-26-21(17-38(7)36-26)15-24(28(20)44-19-43-8)29-34-25-10-9-22(16-23(25)27(35-29)30(41)33-18-37(5)6)39-11-13-40(14-12-39)31(42)45-32(2,3)4/h9-10,15-18H,11-14,19H2,1-8H3. The number of anilines is 1. The van der Waals surface area contributed by atoms with Gasteiger partial charge in [0.2, 0.25) is 0 Å². The molecule has 0 saturated carbocycles. The van der Waals surface area contributed by atoms with E-state index in [0.29, 0.717) is 54.2 Å². The van der Waals surface area contributed by atoms with Gasteiger partial charge in [-0.1, -0.05) is 0 Å². The number of aliphatic imine (C=N–C) groups is 1. The number of carbonyl (C=O) groups excluding carboxylic acids is 2. The average Bonchev–Trinajstić information content (AvgIpc) is 3.38. The van der Waals surface area contributed by atoms with Crippen LogP contribution in [0.3, 0.4) is 0 Å². The van der Waals surface area contributed by atoms with E-state index in [2.05, 4.69) is 15.0 Å². The van der Waals surface area contributed by atoms with Crippen molar-refractivity contribution in [2.75, 3.05) is 59.1 Å². The topological polar surface area (TPSA) is 128 Å². The van der Waals surface area contributed by atoms with Crippen LogP contribution in [0.2, 0.25) is 0 Å². The van der Waals surface area contributed by atoms with Crippen molar-refractivity contribution in [3.63, 3.8) is 0 Å². The number of ether oxygens (including phenoxy) is 3. The van der Waals surface area contributed by atoms with Crippen molar-refractivity contribution in [3.05, 3.63) is 41.7 Å². The Morgan fingerprint density at radius 3 is 2.49 bits per heavy atom. The number of rotatable bonds is 7. The third kappa shape index (κ3) is 6.98. The molecule has 0 spiro atoms. The molecular formula is C32H40N8O5. The van der Waals surface area contributed by atoms with E-state index in [9.17, 15) is 9.59 Å². The van der Waals surface area contributed by atoms with Gasteiger partial charge in [-0.25, -0.2) is 14.8 Å². The van der Waals surface area contributed by atoms with Crippen LogP contribution in [-0.4, -0.2) is 108 Å². The lowest BCUT2D eigenvalue weighted by Crippen LogP contribution is -2.50. The molecule has 4 aromatic rings. The molecule has 13 heteroatoms. The molecule has 0 bridgehead atoms. The van der Waals surface area contributed by atoms with Crippen molar-refractivity contribution in [2.45, 2.75) is 33.3 Å². The molecule has 1 fully saturated rings. The zero-order valence-corrected chi connectivity index (χ0v) is 27.1. The van der Waals surface area contributed by atoms with Crippen LogP contribution in [0.25, 0.3) is 33.2 Å². The van der Waals surface area contributed by atoms with Gasteiger partial charge in [-0.05, 0) is 52.0 Å². The number of amides is 2. The molecule has 13 nitrogen and oxygen atoms in total. The maximum atomic E-state index is 13.6. The van der Waals surface area contributed by atoms with Gasteiger partial charge in [-0.15, -0.1) is 0 Å². The molecule has 2 aromatic heterocycles. The Kier molecular flexibility index (Phi) is 8.91. The van der Waals surface area contributed by atoms with Crippen molar-refractivity contribution in [3.8, 4) is 17.1 Å². The number of piperazine rings is 1. The molecule has 0 aliphatic carbocycles. The van der Waals surface area contributed by atoms with Crippen LogP contribution in [-0.2, 0) is 16.5 Å². The number of benzene rings is 2. The maximum Gasteiger partial charge on any atom is 0.410 e. The first-order valence-corrected chi connectivity index (χ1v) is 14.7. The van der Waals surface area contributed by atoms with Crippen LogP contribution >= 0.6 is 0 Å². The molecule has 2 aromatic carbocycles. The Morgan fingerprint density at radius 1 is 1.09 bits per heavy atom. The molecule has 0 N–H and O–H groups in total. The van der Waals surface area contributed by atoms with Gasteiger partial charge in [0.15, 0.2) is 12.6 Å². The molecule has 238 valence electrons. The minimum Gasteiger partial charge on any atom is -0.466 e. The Morgan fingerprint density at radius 2 is 1.82 bits per heavy atom. The molecule has 2 amide bonds. The van der Waals surface area contributed by atoms with Gasteiger partial charge < -0.3 is 28.9 Å². The molecule has 45 heavy (non-hydrogen) atoms. The lowest BCUT2D eigenvalue weighted by molar-refractivity contribution is 0.0240. The quantitative estimate of drug-likeness (QED) is 0.169. The van der Waals surface area contributed by atoms with Gasteiger partial charge in [0.05, 0.1) is 22.9 Å². The molecule has 1 aliphatic heterocycles. The molecule has 0 atom stereocenters. The molecule has 0 radical (unpaired) electrons. The Bertz CT molecular complexity index is 1770. The summed E-state index contributed by atoms with van der Waals surface area (Å²) in [6.07, 6.45) is 3.05. The Balaban J connectivity index is 1.57. The number of aromatic nitrogens is 4. The number of hydrogen-bond donors (Lipinski definition) is 0. The summed E-state index contributed by atoms with van der Waals surface area (Å²) in [7, 11) is 6.99. The number of methoxy groups -OCH3 is 1. The highest BCUT2D eigenvalue weighted by Gasteiger charge is 2.27. The van der Waals surface area contributed by atoms with E-state index in [4.69, 9.17) is 24.2 Å². The summed E-state index contributed by atoms with van der Waals surface area (Å²) in [5.41, 5.74) is 3.30. The summed E-state index contributed by atoms with van der Waals surface area (Å²) in [4.78, 5) is 45.6. The summed E-state index contributed by atoms with van der Waals surface area (Å²) in [5, 5.41) is 6.04. The van der Waals surface area contributed by atoms with E-state index < -0.39 is 11.5 Å². The van der Waals surface area contributed by atoms with Gasteiger partial charge in [-0.2, -0.15) is 10.1 Å². The highest BCUT2D eigenvalue weighted by Crippen LogP contribution is 2.38. The number of hydrogen-bond acceptors (Lipinski definition) is 9. The van der Waals surface area contributed by atoms with Gasteiger partial charge in [-0.3, -0.25) is 9.48 Å². The second-order valence-corrected chi connectivity index (χ2v) is 12.2. The second kappa shape index (κ2) is 12.7. The monoisotopic (exact) mass is 616 g/mol. The largest absolute Gasteiger partial charge is 0.466 e. The van der Waals surface area contributed by atoms with E-state index in [0.717, 1.165) is 22.2 Å². The fourth-order valence-corrected chi connectivity index (χ4v) is 5.20. The number of aryl methyl sites for hydroxylation is 2. The summed E-state index contributed by atoms with van der Waals surface area (Å²) in [5.74, 6) is 0.351. The van der Waals surface area contributed by atoms with Gasteiger partial charge in [0.25, 0.3) is 5.91 Å². The van der Waals surface area contributed by atoms with Crippen LogP contribution < -0.4 is 9.64 Å². The normalized spacial score (nSPS) is 14.0. The fourth-order valence-electron chi connectivity index (χ4n) is 5.20. The van der Waals surface area contributed by atoms with E-state index in [1.807, 2.05) is 65.2 Å². The minimum atomic E-state index is -0.553. The Labute approximate surface area is 262 Å².